The highest BCUT2D eigenvalue weighted by atomic mass is 16.5. The summed E-state index contributed by atoms with van der Waals surface area (Å²) >= 11 is 0. The second-order valence-corrected chi connectivity index (χ2v) is 3.17. The molecule has 1 aromatic heterocycles. The van der Waals surface area contributed by atoms with E-state index in [4.69, 9.17) is 9.15 Å². The van der Waals surface area contributed by atoms with Gasteiger partial charge in [-0.1, -0.05) is 0 Å². The zero-order valence-corrected chi connectivity index (χ0v) is 6.99. The Hall–Kier alpha value is -1.70. The third-order valence-electron chi connectivity index (χ3n) is 2.32. The predicted octanol–water partition coefficient (Wildman–Crippen LogP) is 2.93. The van der Waals surface area contributed by atoms with Gasteiger partial charge in [0.05, 0.1) is 18.8 Å². The smallest absolute Gasteiger partial charge is 0.113 e. The van der Waals surface area contributed by atoms with Crippen molar-refractivity contribution < 1.29 is 9.15 Å². The zero-order chi connectivity index (χ0) is 8.67. The molecule has 2 nitrogen and oxygen atoms in total. The number of fused-ring (bicyclic) bond motifs is 2. The summed E-state index contributed by atoms with van der Waals surface area (Å²) in [6.07, 6.45) is 7.23. The average Bonchev–Trinajstić information content (AvgIpc) is 2.61. The SMILES string of the molecule is C1=Cc2cc3cocc3cc2CO1. The lowest BCUT2D eigenvalue weighted by Crippen LogP contribution is -1.95. The maximum atomic E-state index is 5.21. The van der Waals surface area contributed by atoms with Crippen LogP contribution in [-0.2, 0) is 11.3 Å². The summed E-state index contributed by atoms with van der Waals surface area (Å²) < 4.78 is 10.3. The van der Waals surface area contributed by atoms with Gasteiger partial charge in [0, 0.05) is 10.8 Å². The first-order valence-electron chi connectivity index (χ1n) is 4.20. The molecule has 13 heavy (non-hydrogen) atoms. The van der Waals surface area contributed by atoms with Crippen molar-refractivity contribution >= 4 is 16.8 Å². The van der Waals surface area contributed by atoms with Gasteiger partial charge in [-0.2, -0.15) is 0 Å². The van der Waals surface area contributed by atoms with Crippen molar-refractivity contribution in [3.8, 4) is 0 Å². The van der Waals surface area contributed by atoms with Crippen molar-refractivity contribution in [2.24, 2.45) is 0 Å². The molecule has 0 bridgehead atoms. The molecule has 2 heteroatoms. The monoisotopic (exact) mass is 172 g/mol. The van der Waals surface area contributed by atoms with Crippen LogP contribution in [0.1, 0.15) is 11.1 Å². The van der Waals surface area contributed by atoms with Gasteiger partial charge >= 0.3 is 0 Å². The van der Waals surface area contributed by atoms with Gasteiger partial charge in [-0.15, -0.1) is 0 Å². The van der Waals surface area contributed by atoms with Crippen LogP contribution < -0.4 is 0 Å². The zero-order valence-electron chi connectivity index (χ0n) is 6.99. The van der Waals surface area contributed by atoms with Crippen LogP contribution in [0.4, 0.5) is 0 Å². The van der Waals surface area contributed by atoms with E-state index in [9.17, 15) is 0 Å². The molecule has 0 aliphatic carbocycles. The Bertz CT molecular complexity index is 480. The van der Waals surface area contributed by atoms with E-state index in [0.717, 1.165) is 10.8 Å². The molecule has 3 rings (SSSR count). The second-order valence-electron chi connectivity index (χ2n) is 3.17. The molecule has 64 valence electrons. The highest BCUT2D eigenvalue weighted by Crippen LogP contribution is 2.24. The van der Waals surface area contributed by atoms with Crippen LogP contribution in [0.2, 0.25) is 0 Å². The van der Waals surface area contributed by atoms with Crippen molar-refractivity contribution in [3.05, 3.63) is 42.0 Å². The number of ether oxygens (including phenoxy) is 1. The Balaban J connectivity index is 2.36. The van der Waals surface area contributed by atoms with Gasteiger partial charge in [-0.05, 0) is 29.3 Å². The fourth-order valence-corrected chi connectivity index (χ4v) is 1.62. The molecule has 1 aliphatic heterocycles. The minimum atomic E-state index is 0.660. The minimum absolute atomic E-state index is 0.660. The maximum Gasteiger partial charge on any atom is 0.113 e. The number of furan rings is 1. The van der Waals surface area contributed by atoms with Crippen LogP contribution in [0, 0.1) is 0 Å². The Kier molecular flexibility index (Phi) is 1.25. The van der Waals surface area contributed by atoms with E-state index in [1.165, 1.54) is 11.1 Å². The second kappa shape index (κ2) is 2.39. The first-order valence-corrected chi connectivity index (χ1v) is 4.20. The van der Waals surface area contributed by atoms with Crippen LogP contribution >= 0.6 is 0 Å². The lowest BCUT2D eigenvalue weighted by atomic mass is 10.0. The standard InChI is InChI=1S/C11H8O2/c1-2-12-5-9-4-11-7-13-6-10(11)3-8(1)9/h1-4,6-7H,5H2. The molecule has 0 unspecified atom stereocenters. The molecular formula is C11H8O2. The molecule has 2 aromatic rings. The van der Waals surface area contributed by atoms with Crippen molar-refractivity contribution in [2.75, 3.05) is 0 Å². The largest absolute Gasteiger partial charge is 0.496 e. The fourth-order valence-electron chi connectivity index (χ4n) is 1.62. The van der Waals surface area contributed by atoms with Crippen LogP contribution in [0.25, 0.3) is 16.8 Å². The molecule has 0 N–H and O–H groups in total. The summed E-state index contributed by atoms with van der Waals surface area (Å²) in [6, 6.07) is 4.23. The molecule has 1 aliphatic rings. The summed E-state index contributed by atoms with van der Waals surface area (Å²) in [5.74, 6) is 0. The topological polar surface area (TPSA) is 22.4 Å². The van der Waals surface area contributed by atoms with Crippen LogP contribution in [0.5, 0.6) is 0 Å². The molecule has 0 fully saturated rings. The molecule has 0 saturated heterocycles. The lowest BCUT2D eigenvalue weighted by Gasteiger charge is -2.10. The third kappa shape index (κ3) is 0.952. The first-order chi connectivity index (χ1) is 6.43. The minimum Gasteiger partial charge on any atom is -0.496 e. The van der Waals surface area contributed by atoms with Gasteiger partial charge < -0.3 is 9.15 Å². The Labute approximate surface area is 75.4 Å². The lowest BCUT2D eigenvalue weighted by molar-refractivity contribution is 0.234. The van der Waals surface area contributed by atoms with E-state index in [0.29, 0.717) is 6.61 Å². The van der Waals surface area contributed by atoms with E-state index in [1.54, 1.807) is 18.8 Å². The fraction of sp³-hybridized carbons (Fsp3) is 0.0909. The quantitative estimate of drug-likeness (QED) is 0.609. The van der Waals surface area contributed by atoms with E-state index in [1.807, 2.05) is 6.08 Å². The van der Waals surface area contributed by atoms with Gasteiger partial charge in [0.15, 0.2) is 0 Å². The molecule has 2 heterocycles. The molecule has 0 amide bonds. The Morgan fingerprint density at radius 3 is 2.85 bits per heavy atom. The summed E-state index contributed by atoms with van der Waals surface area (Å²) in [7, 11) is 0. The van der Waals surface area contributed by atoms with Gasteiger partial charge in [0.2, 0.25) is 0 Å². The van der Waals surface area contributed by atoms with E-state index in [-0.39, 0.29) is 0 Å². The normalized spacial score (nSPS) is 14.2. The van der Waals surface area contributed by atoms with Gasteiger partial charge in [0.1, 0.15) is 6.61 Å². The number of rotatable bonds is 0. The maximum absolute atomic E-state index is 5.21. The Morgan fingerprint density at radius 1 is 1.08 bits per heavy atom. The predicted molar refractivity (Wildman–Crippen MR) is 50.0 cm³/mol. The summed E-state index contributed by atoms with van der Waals surface area (Å²) in [5, 5.41) is 2.28. The summed E-state index contributed by atoms with van der Waals surface area (Å²) in [5.41, 5.74) is 2.44. The third-order valence-corrected chi connectivity index (χ3v) is 2.32. The van der Waals surface area contributed by atoms with Crippen LogP contribution in [0.15, 0.2) is 35.3 Å². The van der Waals surface area contributed by atoms with Gasteiger partial charge in [-0.25, -0.2) is 0 Å². The van der Waals surface area contributed by atoms with Crippen molar-refractivity contribution in [2.45, 2.75) is 6.61 Å². The summed E-state index contributed by atoms with van der Waals surface area (Å²) in [6.45, 7) is 0.660. The van der Waals surface area contributed by atoms with Crippen LogP contribution in [0.3, 0.4) is 0 Å². The average molecular weight is 172 g/mol. The Morgan fingerprint density at radius 2 is 1.92 bits per heavy atom. The first kappa shape index (κ1) is 6.78. The van der Waals surface area contributed by atoms with Gasteiger partial charge in [-0.3, -0.25) is 0 Å². The highest BCUT2D eigenvalue weighted by Gasteiger charge is 2.07. The molecule has 0 atom stereocenters. The van der Waals surface area contributed by atoms with Crippen LogP contribution in [-0.4, -0.2) is 0 Å². The number of hydrogen-bond donors (Lipinski definition) is 0. The van der Waals surface area contributed by atoms with E-state index < -0.39 is 0 Å². The number of benzene rings is 1. The molecular weight excluding hydrogens is 164 g/mol. The molecule has 0 saturated carbocycles. The number of hydrogen-bond acceptors (Lipinski definition) is 2. The van der Waals surface area contributed by atoms with E-state index in [2.05, 4.69) is 12.1 Å². The summed E-state index contributed by atoms with van der Waals surface area (Å²) in [4.78, 5) is 0. The highest BCUT2D eigenvalue weighted by molar-refractivity contribution is 5.85. The van der Waals surface area contributed by atoms with Gasteiger partial charge in [0.25, 0.3) is 0 Å². The van der Waals surface area contributed by atoms with Crippen molar-refractivity contribution in [3.63, 3.8) is 0 Å². The van der Waals surface area contributed by atoms with Crippen molar-refractivity contribution in [1.29, 1.82) is 0 Å². The molecule has 0 spiro atoms. The van der Waals surface area contributed by atoms with Crippen molar-refractivity contribution in [1.82, 2.24) is 0 Å². The molecule has 0 radical (unpaired) electrons. The molecule has 1 aromatic carbocycles. The van der Waals surface area contributed by atoms with E-state index >= 15 is 0 Å².